The molecule has 2 amide bonds. The summed E-state index contributed by atoms with van der Waals surface area (Å²) in [6.07, 6.45) is 0. The van der Waals surface area contributed by atoms with Gasteiger partial charge in [0, 0.05) is 13.1 Å². The van der Waals surface area contributed by atoms with E-state index in [4.69, 9.17) is 5.41 Å². The number of hydrogen-bond acceptors (Lipinski definition) is 2. The number of carbonyl (C=O) groups excluding carboxylic acids is 1. The van der Waals surface area contributed by atoms with Crippen LogP contribution in [0, 0.1) is 5.41 Å². The second kappa shape index (κ2) is 3.95. The molecule has 0 aromatic rings. The zero-order valence-corrected chi connectivity index (χ0v) is 7.43. The molecule has 0 heterocycles. The van der Waals surface area contributed by atoms with Gasteiger partial charge in [-0.1, -0.05) is 0 Å². The van der Waals surface area contributed by atoms with Crippen molar-refractivity contribution in [3.05, 3.63) is 0 Å². The van der Waals surface area contributed by atoms with Gasteiger partial charge in [0.2, 0.25) is 0 Å². The van der Waals surface area contributed by atoms with Gasteiger partial charge in [0.05, 0.1) is 0 Å². The van der Waals surface area contributed by atoms with Crippen molar-refractivity contribution in [3.8, 4) is 0 Å². The Morgan fingerprint density at radius 2 is 2.00 bits per heavy atom. The molecule has 4 nitrogen and oxygen atoms in total. The largest absolute Gasteiger partial charge is 0.335 e. The summed E-state index contributed by atoms with van der Waals surface area (Å²) in [5.74, 6) is 0.239. The summed E-state index contributed by atoms with van der Waals surface area (Å²) >= 11 is 0. The Morgan fingerprint density at radius 3 is 2.27 bits per heavy atom. The highest BCUT2D eigenvalue weighted by Gasteiger charge is 2.09. The topological polar surface area (TPSA) is 56.2 Å². The normalized spacial score (nSPS) is 9.55. The SMILES string of the molecule is CC(=N)N(C)C(=O)NC(C)C. The highest BCUT2D eigenvalue weighted by atomic mass is 16.2. The van der Waals surface area contributed by atoms with Gasteiger partial charge in [-0.25, -0.2) is 4.79 Å². The van der Waals surface area contributed by atoms with Gasteiger partial charge >= 0.3 is 6.03 Å². The van der Waals surface area contributed by atoms with E-state index in [1.165, 1.54) is 4.90 Å². The first-order valence-electron chi connectivity index (χ1n) is 3.54. The van der Waals surface area contributed by atoms with Crippen LogP contribution in [0.2, 0.25) is 0 Å². The standard InChI is InChI=1S/C7H15N3O/c1-5(2)9-7(11)10(4)6(3)8/h5,8H,1-4H3,(H,9,11). The molecule has 11 heavy (non-hydrogen) atoms. The molecule has 0 saturated carbocycles. The smallest absolute Gasteiger partial charge is 0.322 e. The van der Waals surface area contributed by atoms with Gasteiger partial charge in [0.1, 0.15) is 5.84 Å². The summed E-state index contributed by atoms with van der Waals surface area (Å²) < 4.78 is 0. The molecule has 0 saturated heterocycles. The van der Waals surface area contributed by atoms with Gasteiger partial charge in [-0.3, -0.25) is 10.3 Å². The van der Waals surface area contributed by atoms with E-state index in [1.807, 2.05) is 13.8 Å². The third-order valence-corrected chi connectivity index (χ3v) is 1.22. The molecule has 0 atom stereocenters. The molecule has 64 valence electrons. The van der Waals surface area contributed by atoms with Crippen molar-refractivity contribution < 1.29 is 4.79 Å². The van der Waals surface area contributed by atoms with Gasteiger partial charge in [-0.15, -0.1) is 0 Å². The van der Waals surface area contributed by atoms with Gasteiger partial charge < -0.3 is 5.32 Å². The number of nitrogens with one attached hydrogen (secondary N) is 2. The van der Waals surface area contributed by atoms with Crippen LogP contribution in [-0.4, -0.2) is 29.9 Å². The van der Waals surface area contributed by atoms with Gasteiger partial charge in [-0.05, 0) is 20.8 Å². The molecule has 0 rings (SSSR count). The van der Waals surface area contributed by atoms with Crippen molar-refractivity contribution in [2.75, 3.05) is 7.05 Å². The van der Waals surface area contributed by atoms with E-state index in [2.05, 4.69) is 5.32 Å². The molecule has 2 N–H and O–H groups in total. The van der Waals surface area contributed by atoms with Crippen LogP contribution in [0.3, 0.4) is 0 Å². The number of nitrogens with zero attached hydrogens (tertiary/aromatic N) is 1. The van der Waals surface area contributed by atoms with Gasteiger partial charge in [0.15, 0.2) is 0 Å². The summed E-state index contributed by atoms with van der Waals surface area (Å²) in [5.41, 5.74) is 0. The van der Waals surface area contributed by atoms with E-state index in [-0.39, 0.29) is 17.9 Å². The Labute approximate surface area is 67.1 Å². The second-order valence-electron chi connectivity index (χ2n) is 2.75. The van der Waals surface area contributed by atoms with E-state index >= 15 is 0 Å². The predicted molar refractivity (Wildman–Crippen MR) is 44.8 cm³/mol. The van der Waals surface area contributed by atoms with E-state index in [1.54, 1.807) is 14.0 Å². The number of urea groups is 1. The lowest BCUT2D eigenvalue weighted by molar-refractivity contribution is 0.223. The Hall–Kier alpha value is -1.06. The minimum atomic E-state index is -0.229. The van der Waals surface area contributed by atoms with Crippen LogP contribution in [0.1, 0.15) is 20.8 Å². The van der Waals surface area contributed by atoms with Crippen LogP contribution in [0.15, 0.2) is 0 Å². The summed E-state index contributed by atoms with van der Waals surface area (Å²) in [7, 11) is 1.57. The number of hydrogen-bond donors (Lipinski definition) is 2. The zero-order chi connectivity index (χ0) is 9.02. The van der Waals surface area contributed by atoms with Crippen molar-refractivity contribution in [2.45, 2.75) is 26.8 Å². The predicted octanol–water partition coefficient (Wildman–Crippen LogP) is 1.03. The molecule has 0 fully saturated rings. The Morgan fingerprint density at radius 1 is 1.55 bits per heavy atom. The molecule has 0 aromatic carbocycles. The maximum Gasteiger partial charge on any atom is 0.322 e. The van der Waals surface area contributed by atoms with E-state index in [0.29, 0.717) is 0 Å². The quantitative estimate of drug-likeness (QED) is 0.433. The maximum absolute atomic E-state index is 11.1. The average molecular weight is 157 g/mol. The molecule has 0 spiro atoms. The molecule has 0 aliphatic carbocycles. The fourth-order valence-electron chi connectivity index (χ4n) is 0.496. The lowest BCUT2D eigenvalue weighted by atomic mass is 10.4. The van der Waals surface area contributed by atoms with Crippen LogP contribution < -0.4 is 5.32 Å². The first-order valence-corrected chi connectivity index (χ1v) is 3.54. The fraction of sp³-hybridized carbons (Fsp3) is 0.714. The second-order valence-corrected chi connectivity index (χ2v) is 2.75. The van der Waals surface area contributed by atoms with Crippen LogP contribution in [0.25, 0.3) is 0 Å². The Kier molecular flexibility index (Phi) is 3.57. The molecule has 0 aliphatic heterocycles. The highest BCUT2D eigenvalue weighted by Crippen LogP contribution is 1.87. The lowest BCUT2D eigenvalue weighted by Gasteiger charge is -2.17. The zero-order valence-electron chi connectivity index (χ0n) is 7.43. The van der Waals surface area contributed by atoms with Crippen molar-refractivity contribution in [1.82, 2.24) is 10.2 Å². The van der Waals surface area contributed by atoms with Gasteiger partial charge in [-0.2, -0.15) is 0 Å². The van der Waals surface area contributed by atoms with Crippen molar-refractivity contribution in [2.24, 2.45) is 0 Å². The average Bonchev–Trinajstić information content (AvgIpc) is 1.84. The number of amidine groups is 1. The summed E-state index contributed by atoms with van der Waals surface area (Å²) in [6, 6.07) is -0.114. The summed E-state index contributed by atoms with van der Waals surface area (Å²) in [6.45, 7) is 5.33. The highest BCUT2D eigenvalue weighted by molar-refractivity contribution is 5.94. The van der Waals surface area contributed by atoms with E-state index in [9.17, 15) is 4.79 Å². The van der Waals surface area contributed by atoms with E-state index in [0.717, 1.165) is 0 Å². The fourth-order valence-corrected chi connectivity index (χ4v) is 0.496. The number of carbonyl (C=O) groups is 1. The summed E-state index contributed by atoms with van der Waals surface area (Å²) in [5, 5.41) is 9.81. The van der Waals surface area contributed by atoms with E-state index < -0.39 is 0 Å². The molecule has 0 aliphatic rings. The molecule has 4 heteroatoms. The Balaban J connectivity index is 3.93. The van der Waals surface area contributed by atoms with Crippen LogP contribution in [-0.2, 0) is 0 Å². The molecule has 0 radical (unpaired) electrons. The molecular weight excluding hydrogens is 142 g/mol. The monoisotopic (exact) mass is 157 g/mol. The molecule has 0 bridgehead atoms. The van der Waals surface area contributed by atoms with Crippen LogP contribution in [0.5, 0.6) is 0 Å². The lowest BCUT2D eigenvalue weighted by Crippen LogP contribution is -2.42. The first-order chi connectivity index (χ1) is 4.95. The third kappa shape index (κ3) is 3.60. The van der Waals surface area contributed by atoms with Gasteiger partial charge in [0.25, 0.3) is 0 Å². The molecule has 0 aromatic heterocycles. The van der Waals surface area contributed by atoms with Crippen molar-refractivity contribution in [1.29, 1.82) is 5.41 Å². The van der Waals surface area contributed by atoms with Crippen molar-refractivity contribution >= 4 is 11.9 Å². The Bertz CT molecular complexity index is 165. The molecule has 0 unspecified atom stereocenters. The maximum atomic E-state index is 11.1. The third-order valence-electron chi connectivity index (χ3n) is 1.22. The number of rotatable bonds is 1. The summed E-state index contributed by atoms with van der Waals surface area (Å²) in [4.78, 5) is 12.3. The minimum absolute atomic E-state index is 0.115. The first kappa shape index (κ1) is 9.94. The van der Waals surface area contributed by atoms with Crippen LogP contribution in [0.4, 0.5) is 4.79 Å². The molecular formula is C7H15N3O. The minimum Gasteiger partial charge on any atom is -0.335 e. The number of amides is 2. The van der Waals surface area contributed by atoms with Crippen LogP contribution >= 0.6 is 0 Å². The van der Waals surface area contributed by atoms with Crippen molar-refractivity contribution in [3.63, 3.8) is 0 Å².